The van der Waals surface area contributed by atoms with Gasteiger partial charge in [-0.15, -0.1) is 0 Å². The SMILES string of the molecule is C=CCOc1ccc(C=C2SC(=NC3CCCCC3)N(C3CCCCC3)C2=O)cc1I. The molecule has 1 aliphatic heterocycles. The number of amidine groups is 1. The number of hydrogen-bond acceptors (Lipinski definition) is 4. The summed E-state index contributed by atoms with van der Waals surface area (Å²) < 4.78 is 6.72. The lowest BCUT2D eigenvalue weighted by Crippen LogP contribution is -2.41. The number of amides is 1. The van der Waals surface area contributed by atoms with Crippen molar-refractivity contribution >= 4 is 51.5 Å². The summed E-state index contributed by atoms with van der Waals surface area (Å²) >= 11 is 3.86. The Labute approximate surface area is 203 Å². The summed E-state index contributed by atoms with van der Waals surface area (Å²) in [6.07, 6.45) is 15.8. The molecule has 0 aromatic heterocycles. The number of aliphatic imine (C=N–C) groups is 1. The van der Waals surface area contributed by atoms with Crippen LogP contribution in [0.4, 0.5) is 0 Å². The molecule has 0 atom stereocenters. The number of nitrogens with zero attached hydrogens (tertiary/aromatic N) is 2. The van der Waals surface area contributed by atoms with Crippen LogP contribution in [0.1, 0.15) is 69.8 Å². The van der Waals surface area contributed by atoms with Crippen molar-refractivity contribution in [2.45, 2.75) is 76.3 Å². The predicted octanol–water partition coefficient (Wildman–Crippen LogP) is 6.79. The molecular formula is C25H31IN2O2S. The maximum Gasteiger partial charge on any atom is 0.266 e. The normalized spacial score (nSPS) is 23.6. The van der Waals surface area contributed by atoms with Gasteiger partial charge in [0.1, 0.15) is 12.4 Å². The van der Waals surface area contributed by atoms with Crippen LogP contribution in [-0.2, 0) is 4.79 Å². The molecule has 4 rings (SSSR count). The van der Waals surface area contributed by atoms with Crippen LogP contribution in [0.5, 0.6) is 5.75 Å². The Morgan fingerprint density at radius 2 is 1.84 bits per heavy atom. The zero-order valence-corrected chi connectivity index (χ0v) is 21.0. The molecule has 0 radical (unpaired) electrons. The molecule has 1 saturated heterocycles. The molecule has 1 aromatic rings. The first-order valence-corrected chi connectivity index (χ1v) is 13.4. The quantitative estimate of drug-likeness (QED) is 0.223. The highest BCUT2D eigenvalue weighted by Crippen LogP contribution is 2.38. The molecule has 1 aromatic carbocycles. The smallest absolute Gasteiger partial charge is 0.266 e. The van der Waals surface area contributed by atoms with Crippen LogP contribution in [0.2, 0.25) is 0 Å². The molecule has 0 unspecified atom stereocenters. The molecule has 4 nitrogen and oxygen atoms in total. The van der Waals surface area contributed by atoms with Crippen LogP contribution < -0.4 is 4.74 Å². The van der Waals surface area contributed by atoms with Gasteiger partial charge in [-0.2, -0.15) is 0 Å². The van der Waals surface area contributed by atoms with Gasteiger partial charge >= 0.3 is 0 Å². The number of ether oxygens (including phenoxy) is 1. The lowest BCUT2D eigenvalue weighted by atomic mass is 9.94. The highest BCUT2D eigenvalue weighted by atomic mass is 127. The van der Waals surface area contributed by atoms with E-state index in [0.29, 0.717) is 18.7 Å². The lowest BCUT2D eigenvalue weighted by Gasteiger charge is -2.31. The molecule has 1 heterocycles. The fourth-order valence-corrected chi connectivity index (χ4v) is 6.43. The summed E-state index contributed by atoms with van der Waals surface area (Å²) in [5.41, 5.74) is 1.02. The molecule has 0 N–H and O–H groups in total. The minimum absolute atomic E-state index is 0.133. The minimum Gasteiger partial charge on any atom is -0.488 e. The number of thioether (sulfide) groups is 1. The number of hydrogen-bond donors (Lipinski definition) is 0. The summed E-state index contributed by atoms with van der Waals surface area (Å²) in [5, 5.41) is 0.940. The first-order valence-electron chi connectivity index (χ1n) is 11.5. The molecule has 3 aliphatic rings. The Morgan fingerprint density at radius 3 is 2.52 bits per heavy atom. The van der Waals surface area contributed by atoms with E-state index in [9.17, 15) is 4.79 Å². The van der Waals surface area contributed by atoms with E-state index in [-0.39, 0.29) is 5.91 Å². The first-order chi connectivity index (χ1) is 15.2. The van der Waals surface area contributed by atoms with Crippen molar-refractivity contribution in [3.05, 3.63) is 44.9 Å². The predicted molar refractivity (Wildman–Crippen MR) is 138 cm³/mol. The fourth-order valence-electron chi connectivity index (χ4n) is 4.63. The van der Waals surface area contributed by atoms with Gasteiger partial charge in [-0.1, -0.05) is 57.2 Å². The van der Waals surface area contributed by atoms with Gasteiger partial charge in [0.05, 0.1) is 14.5 Å². The topological polar surface area (TPSA) is 41.9 Å². The van der Waals surface area contributed by atoms with Crippen LogP contribution in [0.25, 0.3) is 6.08 Å². The van der Waals surface area contributed by atoms with Crippen molar-refractivity contribution in [1.82, 2.24) is 4.90 Å². The Kier molecular flexibility index (Phi) is 8.15. The van der Waals surface area contributed by atoms with Gasteiger partial charge in [0.25, 0.3) is 5.91 Å². The van der Waals surface area contributed by atoms with Gasteiger partial charge in [0, 0.05) is 6.04 Å². The third-order valence-electron chi connectivity index (χ3n) is 6.25. The summed E-state index contributed by atoms with van der Waals surface area (Å²) in [4.78, 5) is 21.4. The molecule has 2 aliphatic carbocycles. The lowest BCUT2D eigenvalue weighted by molar-refractivity contribution is -0.124. The van der Waals surface area contributed by atoms with Crippen LogP contribution in [0, 0.1) is 3.57 Å². The van der Waals surface area contributed by atoms with Gasteiger partial charge in [-0.25, -0.2) is 0 Å². The Balaban J connectivity index is 1.59. The molecule has 166 valence electrons. The molecule has 2 saturated carbocycles. The van der Waals surface area contributed by atoms with Crippen molar-refractivity contribution in [2.75, 3.05) is 6.61 Å². The Bertz CT molecular complexity index is 870. The van der Waals surface area contributed by atoms with E-state index >= 15 is 0 Å². The van der Waals surface area contributed by atoms with E-state index in [1.165, 1.54) is 38.5 Å². The van der Waals surface area contributed by atoms with Gasteiger partial charge < -0.3 is 4.74 Å². The zero-order chi connectivity index (χ0) is 21.6. The van der Waals surface area contributed by atoms with Crippen molar-refractivity contribution in [3.63, 3.8) is 0 Å². The van der Waals surface area contributed by atoms with Crippen molar-refractivity contribution in [1.29, 1.82) is 0 Å². The van der Waals surface area contributed by atoms with E-state index in [4.69, 9.17) is 9.73 Å². The highest BCUT2D eigenvalue weighted by molar-refractivity contribution is 14.1. The van der Waals surface area contributed by atoms with E-state index in [1.807, 2.05) is 23.1 Å². The zero-order valence-electron chi connectivity index (χ0n) is 18.0. The van der Waals surface area contributed by atoms with Crippen LogP contribution >= 0.6 is 34.4 Å². The minimum atomic E-state index is 0.133. The van der Waals surface area contributed by atoms with Crippen LogP contribution in [0.3, 0.4) is 0 Å². The third-order valence-corrected chi connectivity index (χ3v) is 8.09. The van der Waals surface area contributed by atoms with E-state index in [0.717, 1.165) is 50.6 Å². The van der Waals surface area contributed by atoms with Gasteiger partial charge in [-0.05, 0) is 83.8 Å². The second-order valence-electron chi connectivity index (χ2n) is 8.57. The van der Waals surface area contributed by atoms with Crippen molar-refractivity contribution in [3.8, 4) is 5.75 Å². The van der Waals surface area contributed by atoms with E-state index < -0.39 is 0 Å². The van der Waals surface area contributed by atoms with Crippen molar-refractivity contribution in [2.24, 2.45) is 4.99 Å². The average molecular weight is 551 g/mol. The average Bonchev–Trinajstić information content (AvgIpc) is 3.09. The Morgan fingerprint density at radius 1 is 1.13 bits per heavy atom. The highest BCUT2D eigenvalue weighted by Gasteiger charge is 2.39. The Hall–Kier alpha value is -1.28. The summed E-state index contributed by atoms with van der Waals surface area (Å²) in [6.45, 7) is 4.19. The summed E-state index contributed by atoms with van der Waals surface area (Å²) in [5.74, 6) is 0.977. The van der Waals surface area contributed by atoms with E-state index in [2.05, 4.69) is 35.2 Å². The fraction of sp³-hybridized carbons (Fsp3) is 0.520. The summed E-state index contributed by atoms with van der Waals surface area (Å²) in [7, 11) is 0. The van der Waals surface area contributed by atoms with Crippen LogP contribution in [-0.4, -0.2) is 34.7 Å². The van der Waals surface area contributed by atoms with Gasteiger partial charge in [0.2, 0.25) is 0 Å². The number of carbonyl (C=O) groups excluding carboxylic acids is 1. The second-order valence-corrected chi connectivity index (χ2v) is 10.7. The van der Waals surface area contributed by atoms with Crippen LogP contribution in [0.15, 0.2) is 40.8 Å². The molecular weight excluding hydrogens is 519 g/mol. The summed E-state index contributed by atoms with van der Waals surface area (Å²) in [6, 6.07) is 6.73. The molecule has 0 spiro atoms. The van der Waals surface area contributed by atoms with Gasteiger partial charge in [0.15, 0.2) is 5.17 Å². The maximum atomic E-state index is 13.5. The number of rotatable bonds is 6. The second kappa shape index (κ2) is 11.0. The molecule has 6 heteroatoms. The van der Waals surface area contributed by atoms with Crippen molar-refractivity contribution < 1.29 is 9.53 Å². The molecule has 0 bridgehead atoms. The van der Waals surface area contributed by atoms with E-state index in [1.54, 1.807) is 17.8 Å². The molecule has 3 fully saturated rings. The van der Waals surface area contributed by atoms with Gasteiger partial charge in [-0.3, -0.25) is 14.7 Å². The standard InChI is InChI=1S/C25H31IN2O2S/c1-2-15-30-22-14-13-18(16-21(22)26)17-23-24(29)28(20-11-7-4-8-12-20)25(31-23)27-19-9-5-3-6-10-19/h2,13-14,16-17,19-20H,1,3-12,15H2. The maximum absolute atomic E-state index is 13.5. The molecule has 1 amide bonds. The number of carbonyl (C=O) groups is 1. The first kappa shape index (κ1) is 22.9. The number of benzene rings is 1. The number of halogens is 1. The third kappa shape index (κ3) is 5.75. The largest absolute Gasteiger partial charge is 0.488 e. The monoisotopic (exact) mass is 550 g/mol. The molecule has 31 heavy (non-hydrogen) atoms.